The third kappa shape index (κ3) is 1.81. The van der Waals surface area contributed by atoms with Crippen molar-refractivity contribution in [1.29, 1.82) is 0 Å². The van der Waals surface area contributed by atoms with Crippen LogP contribution in [0.1, 0.15) is 38.1 Å². The third-order valence-electron chi connectivity index (χ3n) is 3.61. The Balaban J connectivity index is 2.33. The molecule has 0 spiro atoms. The van der Waals surface area contributed by atoms with Gasteiger partial charge >= 0.3 is 0 Å². The molecule has 0 aromatic carbocycles. The van der Waals surface area contributed by atoms with E-state index in [4.69, 9.17) is 9.26 Å². The van der Waals surface area contributed by atoms with Crippen molar-refractivity contribution in [3.05, 3.63) is 17.5 Å². The van der Waals surface area contributed by atoms with Gasteiger partial charge in [-0.05, 0) is 25.7 Å². The minimum Gasteiger partial charge on any atom is -0.381 e. The van der Waals surface area contributed by atoms with Gasteiger partial charge in [-0.2, -0.15) is 0 Å². The van der Waals surface area contributed by atoms with E-state index in [1.807, 2.05) is 6.92 Å². The Hall–Kier alpha value is -0.830. The number of aromatic nitrogens is 1. The maximum Gasteiger partial charge on any atom is 0.143 e. The lowest BCUT2D eigenvalue weighted by Gasteiger charge is -2.38. The van der Waals surface area contributed by atoms with Crippen molar-refractivity contribution in [3.8, 4) is 0 Å². The number of hydrogen-bond acceptors (Lipinski definition) is 3. The molecule has 2 rings (SSSR count). The summed E-state index contributed by atoms with van der Waals surface area (Å²) >= 11 is 0. The molecule has 0 N–H and O–H groups in total. The molecule has 0 bridgehead atoms. The molecule has 0 saturated carbocycles. The second-order valence-corrected chi connectivity index (χ2v) is 4.76. The molecule has 1 aliphatic heterocycles. The van der Waals surface area contributed by atoms with Crippen molar-refractivity contribution < 1.29 is 9.26 Å². The zero-order valence-electron chi connectivity index (χ0n) is 9.75. The van der Waals surface area contributed by atoms with Crippen molar-refractivity contribution in [1.82, 2.24) is 5.16 Å². The van der Waals surface area contributed by atoms with Gasteiger partial charge in [-0.15, -0.1) is 0 Å². The molecule has 84 valence electrons. The van der Waals surface area contributed by atoms with Crippen molar-refractivity contribution in [2.75, 3.05) is 13.2 Å². The van der Waals surface area contributed by atoms with E-state index in [1.165, 1.54) is 0 Å². The minimum absolute atomic E-state index is 0.138. The summed E-state index contributed by atoms with van der Waals surface area (Å²) in [6, 6.07) is 2.07. The van der Waals surface area contributed by atoms with Crippen LogP contribution in [0.5, 0.6) is 0 Å². The molecule has 3 nitrogen and oxygen atoms in total. The quantitative estimate of drug-likeness (QED) is 0.751. The molecular formula is C12H19NO2. The number of aryl methyl sites for hydroxylation is 1. The predicted octanol–water partition coefficient (Wildman–Crippen LogP) is 2.69. The molecule has 0 aliphatic carbocycles. The molecular weight excluding hydrogens is 190 g/mol. The van der Waals surface area contributed by atoms with E-state index >= 15 is 0 Å². The normalized spacial score (nSPS) is 20.8. The molecule has 0 atom stereocenters. The van der Waals surface area contributed by atoms with Gasteiger partial charge in [-0.25, -0.2) is 0 Å². The van der Waals surface area contributed by atoms with Crippen LogP contribution in [-0.4, -0.2) is 18.4 Å². The van der Waals surface area contributed by atoms with Crippen LogP contribution >= 0.6 is 0 Å². The fourth-order valence-electron chi connectivity index (χ4n) is 2.44. The zero-order valence-corrected chi connectivity index (χ0v) is 9.75. The average molecular weight is 209 g/mol. The highest BCUT2D eigenvalue weighted by Crippen LogP contribution is 2.41. The summed E-state index contributed by atoms with van der Waals surface area (Å²) in [5, 5.41) is 4.00. The third-order valence-corrected chi connectivity index (χ3v) is 3.61. The Bertz CT molecular complexity index is 324. The van der Waals surface area contributed by atoms with Crippen molar-refractivity contribution >= 4 is 0 Å². The summed E-state index contributed by atoms with van der Waals surface area (Å²) in [5.41, 5.74) is 1.11. The van der Waals surface area contributed by atoms with Crippen LogP contribution in [0.2, 0.25) is 0 Å². The Labute approximate surface area is 90.8 Å². The molecule has 1 saturated heterocycles. The largest absolute Gasteiger partial charge is 0.381 e. The van der Waals surface area contributed by atoms with E-state index in [0.29, 0.717) is 5.92 Å². The summed E-state index contributed by atoms with van der Waals surface area (Å²) in [4.78, 5) is 0. The van der Waals surface area contributed by atoms with E-state index in [0.717, 1.165) is 37.5 Å². The second kappa shape index (κ2) is 3.97. The summed E-state index contributed by atoms with van der Waals surface area (Å²) in [7, 11) is 0. The van der Waals surface area contributed by atoms with Crippen LogP contribution < -0.4 is 0 Å². The van der Waals surface area contributed by atoms with Gasteiger partial charge in [0.25, 0.3) is 0 Å². The topological polar surface area (TPSA) is 35.3 Å². The Morgan fingerprint density at radius 2 is 2.00 bits per heavy atom. The van der Waals surface area contributed by atoms with Crippen LogP contribution in [0.15, 0.2) is 10.6 Å². The fourth-order valence-corrected chi connectivity index (χ4v) is 2.44. The highest BCUT2D eigenvalue weighted by atomic mass is 16.5. The zero-order chi connectivity index (χ0) is 10.9. The number of rotatable bonds is 2. The maximum atomic E-state index is 5.46. The van der Waals surface area contributed by atoms with Crippen LogP contribution in [0.4, 0.5) is 0 Å². The highest BCUT2D eigenvalue weighted by Gasteiger charge is 2.40. The van der Waals surface area contributed by atoms with Crippen LogP contribution in [-0.2, 0) is 10.2 Å². The van der Waals surface area contributed by atoms with Gasteiger partial charge in [0.2, 0.25) is 0 Å². The summed E-state index contributed by atoms with van der Waals surface area (Å²) in [6.07, 6.45) is 2.08. The van der Waals surface area contributed by atoms with Gasteiger partial charge in [-0.3, -0.25) is 0 Å². The smallest absolute Gasteiger partial charge is 0.143 e. The molecule has 0 amide bonds. The highest BCUT2D eigenvalue weighted by molar-refractivity contribution is 5.17. The standard InChI is InChI=1S/C12H19NO2/c1-9(2)12(4-6-14-7-5-12)11-8-10(3)13-15-11/h8-9H,4-7H2,1-3H3. The Morgan fingerprint density at radius 1 is 1.33 bits per heavy atom. The molecule has 1 aliphatic rings. The van der Waals surface area contributed by atoms with E-state index in [1.54, 1.807) is 0 Å². The van der Waals surface area contributed by atoms with Crippen LogP contribution in [0.25, 0.3) is 0 Å². The van der Waals surface area contributed by atoms with E-state index in [-0.39, 0.29) is 5.41 Å². The number of nitrogens with zero attached hydrogens (tertiary/aromatic N) is 1. The predicted molar refractivity (Wildman–Crippen MR) is 57.8 cm³/mol. The molecule has 1 aromatic heterocycles. The first-order valence-electron chi connectivity index (χ1n) is 5.67. The summed E-state index contributed by atoms with van der Waals surface area (Å²) in [6.45, 7) is 8.14. The lowest BCUT2D eigenvalue weighted by atomic mass is 9.69. The van der Waals surface area contributed by atoms with Gasteiger partial charge in [0.15, 0.2) is 0 Å². The maximum absolute atomic E-state index is 5.46. The summed E-state index contributed by atoms with van der Waals surface area (Å²) < 4.78 is 10.9. The van der Waals surface area contributed by atoms with E-state index < -0.39 is 0 Å². The van der Waals surface area contributed by atoms with Gasteiger partial charge in [0, 0.05) is 24.7 Å². The molecule has 1 aromatic rings. The first-order chi connectivity index (χ1) is 7.15. The van der Waals surface area contributed by atoms with Gasteiger partial charge in [0.05, 0.1) is 5.69 Å². The Morgan fingerprint density at radius 3 is 2.47 bits per heavy atom. The first-order valence-corrected chi connectivity index (χ1v) is 5.67. The summed E-state index contributed by atoms with van der Waals surface area (Å²) in [5.74, 6) is 1.60. The number of ether oxygens (including phenoxy) is 1. The van der Waals surface area contributed by atoms with Gasteiger partial charge < -0.3 is 9.26 Å². The van der Waals surface area contributed by atoms with Crippen molar-refractivity contribution in [2.45, 2.75) is 39.0 Å². The van der Waals surface area contributed by atoms with Crippen molar-refractivity contribution in [2.24, 2.45) is 5.92 Å². The molecule has 1 fully saturated rings. The average Bonchev–Trinajstić information content (AvgIpc) is 2.66. The first kappa shape index (κ1) is 10.7. The second-order valence-electron chi connectivity index (χ2n) is 4.76. The lowest BCUT2D eigenvalue weighted by Crippen LogP contribution is -2.38. The van der Waals surface area contributed by atoms with Gasteiger partial charge in [-0.1, -0.05) is 19.0 Å². The monoisotopic (exact) mass is 209 g/mol. The SMILES string of the molecule is Cc1cc(C2(C(C)C)CCOCC2)on1. The lowest BCUT2D eigenvalue weighted by molar-refractivity contribution is 0.0203. The molecule has 2 heterocycles. The van der Waals surface area contributed by atoms with Crippen LogP contribution in [0.3, 0.4) is 0 Å². The van der Waals surface area contributed by atoms with E-state index in [2.05, 4.69) is 25.1 Å². The molecule has 0 radical (unpaired) electrons. The number of hydrogen-bond donors (Lipinski definition) is 0. The minimum atomic E-state index is 0.138. The molecule has 3 heteroatoms. The molecule has 15 heavy (non-hydrogen) atoms. The fraction of sp³-hybridized carbons (Fsp3) is 0.750. The van der Waals surface area contributed by atoms with Crippen LogP contribution in [0, 0.1) is 12.8 Å². The molecule has 0 unspecified atom stereocenters. The van der Waals surface area contributed by atoms with Gasteiger partial charge in [0.1, 0.15) is 5.76 Å². The van der Waals surface area contributed by atoms with E-state index in [9.17, 15) is 0 Å². The van der Waals surface area contributed by atoms with Crippen molar-refractivity contribution in [3.63, 3.8) is 0 Å². The Kier molecular flexibility index (Phi) is 2.83.